The van der Waals surface area contributed by atoms with Gasteiger partial charge in [-0.1, -0.05) is 30.3 Å². The minimum absolute atomic E-state index is 0.329. The zero-order valence-electron chi connectivity index (χ0n) is 11.8. The van der Waals surface area contributed by atoms with Gasteiger partial charge in [0.25, 0.3) is 0 Å². The maximum Gasteiger partial charge on any atom is 0.336 e. The van der Waals surface area contributed by atoms with Crippen molar-refractivity contribution < 1.29 is 9.90 Å². The SMILES string of the molecule is CN(Cc1cccc(C#N)c1)Cc1ccccc1C(=O)O. The number of benzene rings is 2. The number of aromatic carboxylic acids is 1. The molecule has 0 heterocycles. The van der Waals surface area contributed by atoms with Crippen molar-refractivity contribution in [3.05, 3.63) is 70.8 Å². The molecule has 0 saturated carbocycles. The molecule has 0 aliphatic carbocycles. The highest BCUT2D eigenvalue weighted by atomic mass is 16.4. The molecule has 0 radical (unpaired) electrons. The van der Waals surface area contributed by atoms with E-state index < -0.39 is 5.97 Å². The summed E-state index contributed by atoms with van der Waals surface area (Å²) in [4.78, 5) is 13.2. The average Bonchev–Trinajstić information content (AvgIpc) is 2.47. The molecule has 0 unspecified atom stereocenters. The van der Waals surface area contributed by atoms with Gasteiger partial charge in [-0.25, -0.2) is 4.79 Å². The van der Waals surface area contributed by atoms with E-state index in [0.29, 0.717) is 24.2 Å². The van der Waals surface area contributed by atoms with E-state index in [-0.39, 0.29) is 0 Å². The highest BCUT2D eigenvalue weighted by Crippen LogP contribution is 2.13. The molecule has 0 spiro atoms. The van der Waals surface area contributed by atoms with Crippen molar-refractivity contribution in [1.82, 2.24) is 4.90 Å². The number of hydrogen-bond acceptors (Lipinski definition) is 3. The second kappa shape index (κ2) is 6.69. The molecule has 2 rings (SSSR count). The summed E-state index contributed by atoms with van der Waals surface area (Å²) in [7, 11) is 1.93. The van der Waals surface area contributed by atoms with Gasteiger partial charge in [-0.2, -0.15) is 5.26 Å². The lowest BCUT2D eigenvalue weighted by Crippen LogP contribution is -2.19. The summed E-state index contributed by atoms with van der Waals surface area (Å²) >= 11 is 0. The van der Waals surface area contributed by atoms with E-state index in [9.17, 15) is 9.90 Å². The smallest absolute Gasteiger partial charge is 0.336 e. The Morgan fingerprint density at radius 2 is 1.95 bits per heavy atom. The molecular formula is C17H16N2O2. The van der Waals surface area contributed by atoms with Gasteiger partial charge in [-0.05, 0) is 36.4 Å². The third-order valence-electron chi connectivity index (χ3n) is 3.20. The monoisotopic (exact) mass is 280 g/mol. The molecule has 0 aliphatic heterocycles. The summed E-state index contributed by atoms with van der Waals surface area (Å²) in [5.41, 5.74) is 2.77. The highest BCUT2D eigenvalue weighted by Gasteiger charge is 2.11. The molecule has 0 aliphatic rings. The van der Waals surface area contributed by atoms with Gasteiger partial charge in [-0.3, -0.25) is 4.90 Å². The molecular weight excluding hydrogens is 264 g/mol. The Balaban J connectivity index is 2.10. The zero-order valence-corrected chi connectivity index (χ0v) is 11.8. The van der Waals surface area contributed by atoms with Crippen LogP contribution in [0.3, 0.4) is 0 Å². The summed E-state index contributed by atoms with van der Waals surface area (Å²) in [5.74, 6) is -0.912. The second-order valence-electron chi connectivity index (χ2n) is 4.95. The van der Waals surface area contributed by atoms with E-state index in [0.717, 1.165) is 11.1 Å². The first-order valence-corrected chi connectivity index (χ1v) is 6.59. The lowest BCUT2D eigenvalue weighted by Gasteiger charge is -2.18. The summed E-state index contributed by atoms with van der Waals surface area (Å²) in [5, 5.41) is 18.1. The fourth-order valence-electron chi connectivity index (χ4n) is 2.26. The lowest BCUT2D eigenvalue weighted by atomic mass is 10.1. The van der Waals surface area contributed by atoms with E-state index in [1.807, 2.05) is 42.3 Å². The fourth-order valence-corrected chi connectivity index (χ4v) is 2.26. The Labute approximate surface area is 123 Å². The Morgan fingerprint density at radius 1 is 1.19 bits per heavy atom. The van der Waals surface area contributed by atoms with Crippen LogP contribution >= 0.6 is 0 Å². The Kier molecular flexibility index (Phi) is 4.70. The number of nitrogens with zero attached hydrogens (tertiary/aromatic N) is 2. The molecule has 0 fully saturated rings. The van der Waals surface area contributed by atoms with E-state index in [4.69, 9.17) is 5.26 Å². The fraction of sp³-hybridized carbons (Fsp3) is 0.176. The number of carboxylic acids is 1. The quantitative estimate of drug-likeness (QED) is 0.914. The van der Waals surface area contributed by atoms with Crippen LogP contribution in [0.15, 0.2) is 48.5 Å². The molecule has 21 heavy (non-hydrogen) atoms. The molecule has 1 N–H and O–H groups in total. The lowest BCUT2D eigenvalue weighted by molar-refractivity contribution is 0.0694. The number of carbonyl (C=O) groups is 1. The van der Waals surface area contributed by atoms with Crippen molar-refractivity contribution in [2.24, 2.45) is 0 Å². The largest absolute Gasteiger partial charge is 0.478 e. The minimum atomic E-state index is -0.912. The summed E-state index contributed by atoms with van der Waals surface area (Å²) < 4.78 is 0. The Morgan fingerprint density at radius 3 is 2.67 bits per heavy atom. The normalized spacial score (nSPS) is 10.3. The van der Waals surface area contributed by atoms with E-state index in [2.05, 4.69) is 6.07 Å². The Hall–Kier alpha value is -2.64. The molecule has 0 saturated heterocycles. The summed E-state index contributed by atoms with van der Waals surface area (Å²) in [6, 6.07) is 16.5. The van der Waals surface area contributed by atoms with Crippen molar-refractivity contribution in [2.45, 2.75) is 13.1 Å². The van der Waals surface area contributed by atoms with Gasteiger partial charge in [0.05, 0.1) is 17.2 Å². The van der Waals surface area contributed by atoms with Crippen LogP contribution in [0.4, 0.5) is 0 Å². The van der Waals surface area contributed by atoms with Gasteiger partial charge in [-0.15, -0.1) is 0 Å². The molecule has 4 nitrogen and oxygen atoms in total. The van der Waals surface area contributed by atoms with Crippen LogP contribution in [0.5, 0.6) is 0 Å². The third kappa shape index (κ3) is 3.91. The van der Waals surface area contributed by atoms with E-state index in [1.54, 1.807) is 18.2 Å². The zero-order chi connectivity index (χ0) is 15.2. The number of hydrogen-bond donors (Lipinski definition) is 1. The van der Waals surface area contributed by atoms with Crippen molar-refractivity contribution >= 4 is 5.97 Å². The number of rotatable bonds is 5. The van der Waals surface area contributed by atoms with Gasteiger partial charge in [0.15, 0.2) is 0 Å². The van der Waals surface area contributed by atoms with Crippen LogP contribution in [0.25, 0.3) is 0 Å². The molecule has 106 valence electrons. The topological polar surface area (TPSA) is 64.3 Å². The number of carboxylic acid groups (broad SMARTS) is 1. The van der Waals surface area contributed by atoms with Gasteiger partial charge < -0.3 is 5.11 Å². The number of nitriles is 1. The van der Waals surface area contributed by atoms with Crippen LogP contribution in [-0.4, -0.2) is 23.0 Å². The highest BCUT2D eigenvalue weighted by molar-refractivity contribution is 5.89. The van der Waals surface area contributed by atoms with Gasteiger partial charge in [0, 0.05) is 13.1 Å². The molecule has 0 bridgehead atoms. The van der Waals surface area contributed by atoms with Crippen molar-refractivity contribution in [3.63, 3.8) is 0 Å². The molecule has 2 aromatic rings. The van der Waals surface area contributed by atoms with Gasteiger partial charge in [0.2, 0.25) is 0 Å². The van der Waals surface area contributed by atoms with Crippen LogP contribution in [-0.2, 0) is 13.1 Å². The molecule has 2 aromatic carbocycles. The van der Waals surface area contributed by atoms with Crippen LogP contribution in [0.2, 0.25) is 0 Å². The maximum atomic E-state index is 11.2. The van der Waals surface area contributed by atoms with E-state index >= 15 is 0 Å². The third-order valence-corrected chi connectivity index (χ3v) is 3.20. The molecule has 0 atom stereocenters. The first-order chi connectivity index (χ1) is 10.1. The first kappa shape index (κ1) is 14.8. The van der Waals surface area contributed by atoms with Crippen molar-refractivity contribution in [2.75, 3.05) is 7.05 Å². The predicted octanol–water partition coefficient (Wildman–Crippen LogP) is 2.89. The van der Waals surface area contributed by atoms with E-state index in [1.165, 1.54) is 0 Å². The van der Waals surface area contributed by atoms with Crippen molar-refractivity contribution in [1.29, 1.82) is 5.26 Å². The van der Waals surface area contributed by atoms with Crippen LogP contribution in [0.1, 0.15) is 27.0 Å². The first-order valence-electron chi connectivity index (χ1n) is 6.59. The van der Waals surface area contributed by atoms with Crippen LogP contribution in [0, 0.1) is 11.3 Å². The molecule has 0 aromatic heterocycles. The maximum absolute atomic E-state index is 11.2. The molecule has 0 amide bonds. The summed E-state index contributed by atoms with van der Waals surface area (Å²) in [6.45, 7) is 1.20. The standard InChI is InChI=1S/C17H16N2O2/c1-19(11-14-6-4-5-13(9-14)10-18)12-15-7-2-3-8-16(15)17(20)21/h2-9H,11-12H2,1H3,(H,20,21). The molecule has 4 heteroatoms. The Bertz CT molecular complexity index is 689. The van der Waals surface area contributed by atoms with Gasteiger partial charge in [0.1, 0.15) is 0 Å². The minimum Gasteiger partial charge on any atom is -0.478 e. The predicted molar refractivity (Wildman–Crippen MR) is 79.7 cm³/mol. The van der Waals surface area contributed by atoms with Crippen LogP contribution < -0.4 is 0 Å². The average molecular weight is 280 g/mol. The summed E-state index contributed by atoms with van der Waals surface area (Å²) in [6.07, 6.45) is 0. The van der Waals surface area contributed by atoms with Crippen molar-refractivity contribution in [3.8, 4) is 6.07 Å². The second-order valence-corrected chi connectivity index (χ2v) is 4.95. The van der Waals surface area contributed by atoms with Gasteiger partial charge >= 0.3 is 5.97 Å².